The van der Waals surface area contributed by atoms with Crippen molar-refractivity contribution in [2.24, 2.45) is 0 Å². The van der Waals surface area contributed by atoms with E-state index < -0.39 is 6.10 Å². The van der Waals surface area contributed by atoms with Gasteiger partial charge in [-0.2, -0.15) is 11.8 Å². The Hall–Kier alpha value is -0.710. The molecular formula is C12H18O3S. The van der Waals surface area contributed by atoms with Gasteiger partial charge in [-0.25, -0.2) is 0 Å². The van der Waals surface area contributed by atoms with E-state index in [0.29, 0.717) is 12.4 Å². The molecule has 0 spiro atoms. The summed E-state index contributed by atoms with van der Waals surface area (Å²) in [6.45, 7) is 2.47. The standard InChI is InChI=1S/C12H18O3S/c1-10-3-2-4-12(7-10)15-5-6-16-9-11(14)8-13/h2-4,7,11,13-14H,5-6,8-9H2,1H3. The van der Waals surface area contributed by atoms with Crippen LogP contribution in [0.15, 0.2) is 24.3 Å². The van der Waals surface area contributed by atoms with Crippen molar-refractivity contribution < 1.29 is 14.9 Å². The lowest BCUT2D eigenvalue weighted by Crippen LogP contribution is -2.15. The third-order valence-electron chi connectivity index (χ3n) is 2.01. The van der Waals surface area contributed by atoms with Crippen molar-refractivity contribution in [1.82, 2.24) is 0 Å². The van der Waals surface area contributed by atoms with E-state index in [9.17, 15) is 0 Å². The van der Waals surface area contributed by atoms with E-state index in [2.05, 4.69) is 0 Å². The number of hydrogen-bond acceptors (Lipinski definition) is 4. The minimum atomic E-state index is -0.621. The fraction of sp³-hybridized carbons (Fsp3) is 0.500. The Kier molecular flexibility index (Phi) is 6.30. The molecule has 0 aliphatic rings. The summed E-state index contributed by atoms with van der Waals surface area (Å²) in [7, 11) is 0. The molecule has 0 heterocycles. The minimum Gasteiger partial charge on any atom is -0.493 e. The second-order valence-electron chi connectivity index (χ2n) is 3.58. The van der Waals surface area contributed by atoms with Crippen LogP contribution in [-0.4, -0.2) is 41.0 Å². The minimum absolute atomic E-state index is 0.175. The third-order valence-corrected chi connectivity index (χ3v) is 3.08. The van der Waals surface area contributed by atoms with Crippen LogP contribution in [-0.2, 0) is 0 Å². The fourth-order valence-corrected chi connectivity index (χ4v) is 1.94. The lowest BCUT2D eigenvalue weighted by molar-refractivity contribution is 0.113. The number of aliphatic hydroxyl groups excluding tert-OH is 2. The number of benzene rings is 1. The maximum atomic E-state index is 9.10. The van der Waals surface area contributed by atoms with Crippen molar-refractivity contribution in [2.75, 3.05) is 24.7 Å². The first-order valence-electron chi connectivity index (χ1n) is 5.28. The molecule has 0 aliphatic heterocycles. The average molecular weight is 242 g/mol. The predicted molar refractivity (Wildman–Crippen MR) is 67.1 cm³/mol. The summed E-state index contributed by atoms with van der Waals surface area (Å²) in [4.78, 5) is 0. The zero-order valence-electron chi connectivity index (χ0n) is 9.43. The molecule has 1 unspecified atom stereocenters. The Balaban J connectivity index is 2.12. The maximum absolute atomic E-state index is 9.10. The molecule has 90 valence electrons. The van der Waals surface area contributed by atoms with Gasteiger partial charge < -0.3 is 14.9 Å². The Morgan fingerprint density at radius 1 is 1.44 bits per heavy atom. The van der Waals surface area contributed by atoms with E-state index in [4.69, 9.17) is 14.9 Å². The monoisotopic (exact) mass is 242 g/mol. The Morgan fingerprint density at radius 2 is 2.25 bits per heavy atom. The van der Waals surface area contributed by atoms with Crippen LogP contribution in [0.3, 0.4) is 0 Å². The molecule has 0 saturated carbocycles. The molecule has 0 aromatic heterocycles. The smallest absolute Gasteiger partial charge is 0.119 e. The molecule has 0 bridgehead atoms. The second-order valence-corrected chi connectivity index (χ2v) is 4.73. The van der Waals surface area contributed by atoms with E-state index in [1.165, 1.54) is 5.56 Å². The quantitative estimate of drug-likeness (QED) is 0.711. The van der Waals surface area contributed by atoms with Crippen LogP contribution in [0, 0.1) is 6.92 Å². The number of thioether (sulfide) groups is 1. The molecular weight excluding hydrogens is 224 g/mol. The van der Waals surface area contributed by atoms with Crippen molar-refractivity contribution in [1.29, 1.82) is 0 Å². The molecule has 0 amide bonds. The number of hydrogen-bond donors (Lipinski definition) is 2. The van der Waals surface area contributed by atoms with Crippen molar-refractivity contribution in [3.63, 3.8) is 0 Å². The van der Waals surface area contributed by atoms with Gasteiger partial charge in [0.1, 0.15) is 5.75 Å². The summed E-state index contributed by atoms with van der Waals surface area (Å²) in [5, 5.41) is 17.7. The first-order chi connectivity index (χ1) is 7.72. The van der Waals surface area contributed by atoms with E-state index >= 15 is 0 Å². The molecule has 0 radical (unpaired) electrons. The van der Waals surface area contributed by atoms with Crippen LogP contribution in [0.2, 0.25) is 0 Å². The number of aryl methyl sites for hydroxylation is 1. The number of aliphatic hydroxyl groups is 2. The van der Waals surface area contributed by atoms with Gasteiger partial charge in [0.15, 0.2) is 0 Å². The normalized spacial score (nSPS) is 12.4. The lowest BCUT2D eigenvalue weighted by atomic mass is 10.2. The van der Waals surface area contributed by atoms with E-state index in [1.54, 1.807) is 11.8 Å². The van der Waals surface area contributed by atoms with Crippen LogP contribution in [0.25, 0.3) is 0 Å². The molecule has 1 rings (SSSR count). The molecule has 0 fully saturated rings. The topological polar surface area (TPSA) is 49.7 Å². The largest absolute Gasteiger partial charge is 0.493 e. The molecule has 1 atom stereocenters. The SMILES string of the molecule is Cc1cccc(OCCSCC(O)CO)c1. The summed E-state index contributed by atoms with van der Waals surface area (Å²) < 4.78 is 5.54. The van der Waals surface area contributed by atoms with Crippen molar-refractivity contribution in [3.05, 3.63) is 29.8 Å². The second kappa shape index (κ2) is 7.54. The van der Waals surface area contributed by atoms with Crippen LogP contribution in [0.1, 0.15) is 5.56 Å². The molecule has 1 aromatic carbocycles. The Bertz CT molecular complexity index is 304. The van der Waals surface area contributed by atoms with Gasteiger partial charge in [0, 0.05) is 11.5 Å². The van der Waals surface area contributed by atoms with Crippen LogP contribution in [0.4, 0.5) is 0 Å². The number of rotatable bonds is 7. The van der Waals surface area contributed by atoms with Gasteiger partial charge in [-0.05, 0) is 24.6 Å². The highest BCUT2D eigenvalue weighted by molar-refractivity contribution is 7.99. The van der Waals surface area contributed by atoms with Gasteiger partial charge in [-0.3, -0.25) is 0 Å². The molecule has 16 heavy (non-hydrogen) atoms. The van der Waals surface area contributed by atoms with Gasteiger partial charge in [-0.1, -0.05) is 12.1 Å². The van der Waals surface area contributed by atoms with Crippen LogP contribution >= 0.6 is 11.8 Å². The first kappa shape index (κ1) is 13.4. The van der Waals surface area contributed by atoms with E-state index in [-0.39, 0.29) is 6.61 Å². The summed E-state index contributed by atoms with van der Waals surface area (Å²) >= 11 is 1.57. The highest BCUT2D eigenvalue weighted by atomic mass is 32.2. The van der Waals surface area contributed by atoms with Crippen molar-refractivity contribution in [2.45, 2.75) is 13.0 Å². The van der Waals surface area contributed by atoms with E-state index in [1.807, 2.05) is 31.2 Å². The van der Waals surface area contributed by atoms with Gasteiger partial charge in [0.25, 0.3) is 0 Å². The predicted octanol–water partition coefficient (Wildman–Crippen LogP) is 1.46. The van der Waals surface area contributed by atoms with Crippen molar-refractivity contribution in [3.8, 4) is 5.75 Å². The van der Waals surface area contributed by atoms with Gasteiger partial charge in [0.2, 0.25) is 0 Å². The van der Waals surface area contributed by atoms with E-state index in [0.717, 1.165) is 11.5 Å². The Morgan fingerprint density at radius 3 is 2.94 bits per heavy atom. The van der Waals surface area contributed by atoms with Crippen molar-refractivity contribution >= 4 is 11.8 Å². The van der Waals surface area contributed by atoms with Crippen LogP contribution in [0.5, 0.6) is 5.75 Å². The lowest BCUT2D eigenvalue weighted by Gasteiger charge is -2.08. The zero-order chi connectivity index (χ0) is 11.8. The summed E-state index contributed by atoms with van der Waals surface area (Å²) in [6, 6.07) is 7.92. The molecule has 0 aliphatic carbocycles. The summed E-state index contributed by atoms with van der Waals surface area (Å²) in [6.07, 6.45) is -0.621. The van der Waals surface area contributed by atoms with Crippen LogP contribution < -0.4 is 4.74 Å². The number of ether oxygens (including phenoxy) is 1. The average Bonchev–Trinajstić information content (AvgIpc) is 2.28. The molecule has 1 aromatic rings. The molecule has 2 N–H and O–H groups in total. The highest BCUT2D eigenvalue weighted by Gasteiger charge is 2.01. The van der Waals surface area contributed by atoms with Gasteiger partial charge >= 0.3 is 0 Å². The Labute approximate surface area is 100 Å². The molecule has 3 nitrogen and oxygen atoms in total. The highest BCUT2D eigenvalue weighted by Crippen LogP contribution is 2.13. The zero-order valence-corrected chi connectivity index (χ0v) is 10.2. The summed E-state index contributed by atoms with van der Waals surface area (Å²) in [5.41, 5.74) is 1.18. The first-order valence-corrected chi connectivity index (χ1v) is 6.44. The molecule has 0 saturated heterocycles. The van der Waals surface area contributed by atoms with Gasteiger partial charge in [0.05, 0.1) is 19.3 Å². The third kappa shape index (κ3) is 5.39. The molecule has 4 heteroatoms. The van der Waals surface area contributed by atoms with Gasteiger partial charge in [-0.15, -0.1) is 0 Å². The summed E-state index contributed by atoms with van der Waals surface area (Å²) in [5.74, 6) is 2.24. The fourth-order valence-electron chi connectivity index (χ4n) is 1.20. The maximum Gasteiger partial charge on any atom is 0.119 e.